The van der Waals surface area contributed by atoms with E-state index in [1.807, 2.05) is 0 Å². The highest BCUT2D eigenvalue weighted by molar-refractivity contribution is 6.92. The fourth-order valence-corrected chi connectivity index (χ4v) is 10.8. The van der Waals surface area contributed by atoms with Gasteiger partial charge < -0.3 is 4.12 Å². The highest BCUT2D eigenvalue weighted by Crippen LogP contribution is 2.05. The van der Waals surface area contributed by atoms with Gasteiger partial charge in [-0.15, -0.1) is 0 Å². The lowest BCUT2D eigenvalue weighted by Gasteiger charge is -2.27. The zero-order valence-corrected chi connectivity index (χ0v) is 19.3. The summed E-state index contributed by atoms with van der Waals surface area (Å²) in [5, 5.41) is 5.43. The van der Waals surface area contributed by atoms with Crippen molar-refractivity contribution in [3.8, 4) is 0 Å². The van der Waals surface area contributed by atoms with Gasteiger partial charge in [-0.1, -0.05) is 109 Å². The molecule has 0 amide bonds. The number of rotatable bonds is 6. The smallest absolute Gasteiger partial charge is 0.228 e. The Hall–Kier alpha value is -2.73. The molecule has 0 bridgehead atoms. The van der Waals surface area contributed by atoms with Crippen LogP contribution >= 0.6 is 0 Å². The third-order valence-corrected chi connectivity index (χ3v) is 12.0. The van der Waals surface area contributed by atoms with Crippen molar-refractivity contribution in [3.63, 3.8) is 0 Å². The van der Waals surface area contributed by atoms with Crippen LogP contribution in [-0.2, 0) is 4.12 Å². The third kappa shape index (κ3) is 4.48. The second kappa shape index (κ2) is 9.18. The Morgan fingerprint density at radius 3 is 1.17 bits per heavy atom. The summed E-state index contributed by atoms with van der Waals surface area (Å²) >= 11 is 0. The zero-order chi connectivity index (χ0) is 20.1. The first-order valence-corrected chi connectivity index (χ1v) is 13.4. The minimum atomic E-state index is -1.85. The maximum atomic E-state index is 7.23. The van der Waals surface area contributed by atoms with Crippen molar-refractivity contribution in [2.45, 2.75) is 13.8 Å². The van der Waals surface area contributed by atoms with E-state index in [4.69, 9.17) is 4.12 Å². The molecule has 2 unspecified atom stereocenters. The number of hydrogen-bond donors (Lipinski definition) is 0. The van der Waals surface area contributed by atoms with Crippen LogP contribution in [0, 0.1) is 13.8 Å². The molecule has 3 heteroatoms. The summed E-state index contributed by atoms with van der Waals surface area (Å²) in [6.45, 7) is 4.41. The molecule has 4 aromatic rings. The van der Waals surface area contributed by atoms with Gasteiger partial charge >= 0.3 is 0 Å². The lowest BCUT2D eigenvalue weighted by Crippen LogP contribution is -2.56. The van der Waals surface area contributed by atoms with Gasteiger partial charge in [-0.05, 0) is 45.7 Å². The molecule has 0 aliphatic rings. The van der Waals surface area contributed by atoms with Gasteiger partial charge in [-0.2, -0.15) is 0 Å². The number of aryl methyl sites for hydroxylation is 2. The highest BCUT2D eigenvalue weighted by atomic mass is 28.4. The topological polar surface area (TPSA) is 9.23 Å². The number of hydrogen-bond acceptors (Lipinski definition) is 1. The lowest BCUT2D eigenvalue weighted by molar-refractivity contribution is 0.632. The average Bonchev–Trinajstić information content (AvgIpc) is 2.77. The van der Waals surface area contributed by atoms with Gasteiger partial charge in [0.1, 0.15) is 0 Å². The lowest BCUT2D eigenvalue weighted by atomic mass is 10.2. The quantitative estimate of drug-likeness (QED) is 0.444. The van der Waals surface area contributed by atoms with Crippen LogP contribution in [0.3, 0.4) is 0 Å². The molecule has 0 saturated heterocycles. The molecule has 4 aromatic carbocycles. The summed E-state index contributed by atoms with van der Waals surface area (Å²) < 4.78 is 7.23. The Bertz CT molecular complexity index is 977. The van der Waals surface area contributed by atoms with Gasteiger partial charge in [-0.3, -0.25) is 0 Å². The van der Waals surface area contributed by atoms with Gasteiger partial charge in [0, 0.05) is 0 Å². The fourth-order valence-electron chi connectivity index (χ4n) is 3.82. The Balaban J connectivity index is 1.83. The van der Waals surface area contributed by atoms with Crippen molar-refractivity contribution >= 4 is 38.8 Å². The second-order valence-electron chi connectivity index (χ2n) is 7.43. The zero-order valence-electron chi connectivity index (χ0n) is 17.0. The van der Waals surface area contributed by atoms with E-state index < -0.39 is 18.1 Å². The highest BCUT2D eigenvalue weighted by Gasteiger charge is 2.27. The van der Waals surface area contributed by atoms with Crippen molar-refractivity contribution in [1.29, 1.82) is 0 Å². The molecule has 1 nitrogen and oxygen atoms in total. The van der Waals surface area contributed by atoms with Crippen molar-refractivity contribution < 1.29 is 4.12 Å². The van der Waals surface area contributed by atoms with Crippen molar-refractivity contribution in [1.82, 2.24) is 0 Å². The van der Waals surface area contributed by atoms with E-state index in [0.29, 0.717) is 0 Å². The standard InChI is InChI=1S/C26H26OSi2/c1-21-13-9-11-19-25(21)28(23-15-5-3-6-16-23)27-29(24-17-7-4-8-18-24)26-20-12-10-14-22(26)2/h3-20,28-29H,1-2H3. The minimum Gasteiger partial charge on any atom is -0.446 e. The second-order valence-corrected chi connectivity index (χ2v) is 12.6. The maximum absolute atomic E-state index is 7.23. The molecule has 0 fully saturated rings. The fraction of sp³-hybridized carbons (Fsp3) is 0.0769. The summed E-state index contributed by atoms with van der Waals surface area (Å²) in [5.74, 6) is 0. The van der Waals surface area contributed by atoms with Crippen LogP contribution in [0.25, 0.3) is 0 Å². The van der Waals surface area contributed by atoms with E-state index in [1.165, 1.54) is 31.9 Å². The molecule has 0 aliphatic carbocycles. The van der Waals surface area contributed by atoms with E-state index in [-0.39, 0.29) is 0 Å². The molecule has 0 saturated carbocycles. The molecule has 0 heterocycles. The van der Waals surface area contributed by atoms with Gasteiger partial charge in [0.2, 0.25) is 18.1 Å². The molecular formula is C26H26OSi2. The SMILES string of the molecule is Cc1ccccc1[SiH](O[SiH](c1ccccc1)c1ccccc1C)c1ccccc1. The molecule has 4 rings (SSSR count). The van der Waals surface area contributed by atoms with Crippen LogP contribution in [0.4, 0.5) is 0 Å². The summed E-state index contributed by atoms with van der Waals surface area (Å²) in [4.78, 5) is 0. The van der Waals surface area contributed by atoms with Crippen LogP contribution in [0.15, 0.2) is 109 Å². The van der Waals surface area contributed by atoms with E-state index >= 15 is 0 Å². The van der Waals surface area contributed by atoms with Crippen LogP contribution in [0.5, 0.6) is 0 Å². The summed E-state index contributed by atoms with van der Waals surface area (Å²) in [6.07, 6.45) is 0. The van der Waals surface area contributed by atoms with Gasteiger partial charge in [0.25, 0.3) is 0 Å². The van der Waals surface area contributed by atoms with Gasteiger partial charge in [0.05, 0.1) is 0 Å². The number of benzene rings is 4. The molecule has 0 radical (unpaired) electrons. The van der Waals surface area contributed by atoms with Crippen molar-refractivity contribution in [2.75, 3.05) is 0 Å². The first kappa shape index (κ1) is 19.6. The molecule has 0 N–H and O–H groups in total. The van der Waals surface area contributed by atoms with E-state index in [1.54, 1.807) is 0 Å². The van der Waals surface area contributed by atoms with Crippen molar-refractivity contribution in [3.05, 3.63) is 120 Å². The molecular weight excluding hydrogens is 384 g/mol. The Labute approximate surface area is 177 Å². The molecule has 29 heavy (non-hydrogen) atoms. The average molecular weight is 411 g/mol. The largest absolute Gasteiger partial charge is 0.446 e. The van der Waals surface area contributed by atoms with Crippen LogP contribution in [-0.4, -0.2) is 18.1 Å². The maximum Gasteiger partial charge on any atom is 0.228 e. The normalized spacial score (nSPS) is 13.0. The monoisotopic (exact) mass is 410 g/mol. The molecule has 0 aromatic heterocycles. The first-order chi connectivity index (χ1) is 14.2. The minimum absolute atomic E-state index is 1.32. The van der Waals surface area contributed by atoms with Crippen molar-refractivity contribution in [2.24, 2.45) is 0 Å². The van der Waals surface area contributed by atoms with E-state index in [9.17, 15) is 0 Å². The third-order valence-electron chi connectivity index (χ3n) is 5.42. The van der Waals surface area contributed by atoms with Crippen LogP contribution in [0.1, 0.15) is 11.1 Å². The predicted octanol–water partition coefficient (Wildman–Crippen LogP) is 2.70. The Morgan fingerprint density at radius 1 is 0.448 bits per heavy atom. The van der Waals surface area contributed by atoms with E-state index in [0.717, 1.165) is 0 Å². The summed E-state index contributed by atoms with van der Waals surface area (Å²) in [6, 6.07) is 39.0. The van der Waals surface area contributed by atoms with Gasteiger partial charge in [-0.25, -0.2) is 0 Å². The first-order valence-electron chi connectivity index (χ1n) is 10.1. The predicted molar refractivity (Wildman–Crippen MR) is 129 cm³/mol. The molecule has 144 valence electrons. The van der Waals surface area contributed by atoms with E-state index in [2.05, 4.69) is 123 Å². The van der Waals surface area contributed by atoms with Crippen LogP contribution < -0.4 is 20.7 Å². The summed E-state index contributed by atoms with van der Waals surface area (Å²) in [5.41, 5.74) is 2.64. The van der Waals surface area contributed by atoms with Gasteiger partial charge in [0.15, 0.2) is 0 Å². The molecule has 2 atom stereocenters. The molecule has 0 spiro atoms. The Kier molecular flexibility index (Phi) is 6.20. The Morgan fingerprint density at radius 2 is 0.793 bits per heavy atom. The van der Waals surface area contributed by atoms with Crippen LogP contribution in [0.2, 0.25) is 0 Å². The summed E-state index contributed by atoms with van der Waals surface area (Å²) in [7, 11) is -3.69. The molecule has 0 aliphatic heterocycles.